The van der Waals surface area contributed by atoms with E-state index in [0.29, 0.717) is 6.61 Å². The highest BCUT2D eigenvalue weighted by atomic mass is 19.1. The van der Waals surface area contributed by atoms with E-state index in [4.69, 9.17) is 4.74 Å². The van der Waals surface area contributed by atoms with Gasteiger partial charge < -0.3 is 15.0 Å². The van der Waals surface area contributed by atoms with Crippen LogP contribution in [0.4, 0.5) is 10.1 Å². The lowest BCUT2D eigenvalue weighted by atomic mass is 10.0. The van der Waals surface area contributed by atoms with Crippen molar-refractivity contribution in [1.29, 1.82) is 0 Å². The van der Waals surface area contributed by atoms with E-state index >= 15 is 0 Å². The predicted molar refractivity (Wildman–Crippen MR) is 81.0 cm³/mol. The Morgan fingerprint density at radius 3 is 3.05 bits per heavy atom. The molecule has 1 atom stereocenters. The molecule has 1 fully saturated rings. The van der Waals surface area contributed by atoms with Gasteiger partial charge in [-0.3, -0.25) is 4.79 Å². The van der Waals surface area contributed by atoms with Crippen LogP contribution in [0.1, 0.15) is 25.3 Å². The summed E-state index contributed by atoms with van der Waals surface area (Å²) in [6, 6.07) is 4.97. The zero-order valence-electron chi connectivity index (χ0n) is 12.7. The van der Waals surface area contributed by atoms with Crippen LogP contribution in [-0.2, 0) is 9.53 Å². The quantitative estimate of drug-likeness (QED) is 0.905. The van der Waals surface area contributed by atoms with Crippen LogP contribution in [0.3, 0.4) is 0 Å². The van der Waals surface area contributed by atoms with Crippen LogP contribution in [-0.4, -0.2) is 38.3 Å². The first-order valence-corrected chi connectivity index (χ1v) is 7.48. The minimum absolute atomic E-state index is 0.0699. The van der Waals surface area contributed by atoms with Gasteiger partial charge in [0.05, 0.1) is 0 Å². The molecule has 1 amide bonds. The summed E-state index contributed by atoms with van der Waals surface area (Å²) in [6.07, 6.45) is 1.98. The lowest BCUT2D eigenvalue weighted by Gasteiger charge is -2.35. The molecule has 1 aliphatic heterocycles. The summed E-state index contributed by atoms with van der Waals surface area (Å²) in [5, 5.41) is 3.00. The van der Waals surface area contributed by atoms with Crippen molar-refractivity contribution in [3.8, 4) is 0 Å². The number of hydrogen-bond acceptors (Lipinski definition) is 3. The van der Waals surface area contributed by atoms with E-state index in [1.54, 1.807) is 6.07 Å². The maximum Gasteiger partial charge on any atom is 0.246 e. The highest BCUT2D eigenvalue weighted by Gasteiger charge is 2.22. The Bertz CT molecular complexity index is 493. The molecule has 1 heterocycles. The van der Waals surface area contributed by atoms with Crippen LogP contribution in [0.25, 0.3) is 0 Å². The zero-order chi connectivity index (χ0) is 15.2. The van der Waals surface area contributed by atoms with Crippen LogP contribution in [0.5, 0.6) is 0 Å². The van der Waals surface area contributed by atoms with Crippen molar-refractivity contribution < 1.29 is 13.9 Å². The van der Waals surface area contributed by atoms with E-state index in [0.717, 1.165) is 37.2 Å². The van der Waals surface area contributed by atoms with Crippen molar-refractivity contribution in [3.63, 3.8) is 0 Å². The van der Waals surface area contributed by atoms with Gasteiger partial charge in [-0.1, -0.05) is 0 Å². The molecule has 0 spiro atoms. The Balaban J connectivity index is 1.95. The number of amides is 1. The number of nitrogens with zero attached hydrogens (tertiary/aromatic N) is 1. The van der Waals surface area contributed by atoms with Crippen molar-refractivity contribution in [1.82, 2.24) is 5.32 Å². The molecule has 0 radical (unpaired) electrons. The molecule has 1 N–H and O–H groups in total. The molecule has 0 aliphatic carbocycles. The minimum atomic E-state index is -0.213. The summed E-state index contributed by atoms with van der Waals surface area (Å²) >= 11 is 0. The number of carbonyl (C=O) groups is 1. The number of nitrogens with one attached hydrogen (secondary N) is 1. The molecule has 5 heteroatoms. The summed E-state index contributed by atoms with van der Waals surface area (Å²) in [4.78, 5) is 13.9. The smallest absolute Gasteiger partial charge is 0.246 e. The van der Waals surface area contributed by atoms with Crippen LogP contribution >= 0.6 is 0 Å². The van der Waals surface area contributed by atoms with Gasteiger partial charge in [0.15, 0.2) is 0 Å². The first kappa shape index (κ1) is 15.8. The zero-order valence-corrected chi connectivity index (χ0v) is 12.7. The lowest BCUT2D eigenvalue weighted by molar-refractivity contribution is -0.126. The van der Waals surface area contributed by atoms with Gasteiger partial charge in [-0.25, -0.2) is 4.39 Å². The maximum absolute atomic E-state index is 13.2. The Hall–Kier alpha value is -1.62. The topological polar surface area (TPSA) is 41.6 Å². The van der Waals surface area contributed by atoms with Gasteiger partial charge in [0.2, 0.25) is 5.91 Å². The summed E-state index contributed by atoms with van der Waals surface area (Å²) in [5.41, 5.74) is 1.97. The third-order valence-electron chi connectivity index (χ3n) is 3.72. The predicted octanol–water partition coefficient (Wildman–Crippen LogP) is 2.26. The normalized spacial score (nSPS) is 18.6. The molecule has 0 saturated carbocycles. The molecule has 0 bridgehead atoms. The van der Waals surface area contributed by atoms with Gasteiger partial charge in [-0.15, -0.1) is 0 Å². The molecule has 2 rings (SSSR count). The summed E-state index contributed by atoms with van der Waals surface area (Å²) in [6.45, 7) is 6.12. The van der Waals surface area contributed by atoms with Crippen molar-refractivity contribution in [2.24, 2.45) is 0 Å². The molecule has 116 valence electrons. The molecule has 1 aromatic rings. The Morgan fingerprint density at radius 1 is 1.52 bits per heavy atom. The van der Waals surface area contributed by atoms with Gasteiger partial charge in [-0.05, 0) is 50.5 Å². The third kappa shape index (κ3) is 4.43. The summed E-state index contributed by atoms with van der Waals surface area (Å²) < 4.78 is 18.3. The van der Waals surface area contributed by atoms with E-state index in [1.807, 2.05) is 19.9 Å². The van der Waals surface area contributed by atoms with Crippen LogP contribution in [0.15, 0.2) is 18.2 Å². The van der Waals surface area contributed by atoms with Crippen molar-refractivity contribution in [2.75, 3.05) is 31.2 Å². The monoisotopic (exact) mass is 294 g/mol. The number of hydrogen-bond donors (Lipinski definition) is 1. The van der Waals surface area contributed by atoms with E-state index in [2.05, 4.69) is 10.2 Å². The number of ether oxygens (including phenoxy) is 1. The lowest BCUT2D eigenvalue weighted by Crippen LogP contribution is -2.48. The molecule has 0 aromatic heterocycles. The molecule has 1 aliphatic rings. The van der Waals surface area contributed by atoms with Gasteiger partial charge >= 0.3 is 0 Å². The maximum atomic E-state index is 13.2. The molecule has 0 unspecified atom stereocenters. The molecule has 4 nitrogen and oxygen atoms in total. The highest BCUT2D eigenvalue weighted by molar-refractivity contribution is 5.77. The number of rotatable bonds is 5. The largest absolute Gasteiger partial charge is 0.372 e. The number of benzene rings is 1. The average Bonchev–Trinajstić information content (AvgIpc) is 2.45. The SMILES string of the molecule is CCOCC(=O)N[C@H]1CCCN(c2ccc(F)cc2C)C1. The summed E-state index contributed by atoms with van der Waals surface area (Å²) in [5.74, 6) is -0.283. The Labute approximate surface area is 125 Å². The van der Waals surface area contributed by atoms with Crippen molar-refractivity contribution >= 4 is 11.6 Å². The molecule has 1 aromatic carbocycles. The standard InChI is InChI=1S/C16H23FN2O2/c1-3-21-11-16(20)18-14-5-4-8-19(10-14)15-7-6-13(17)9-12(15)2/h6-7,9,14H,3-5,8,10-11H2,1-2H3,(H,18,20)/t14-/m0/s1. The number of anilines is 1. The van der Waals surface area contributed by atoms with E-state index in [-0.39, 0.29) is 24.4 Å². The minimum Gasteiger partial charge on any atom is -0.372 e. The highest BCUT2D eigenvalue weighted by Crippen LogP contribution is 2.24. The van der Waals surface area contributed by atoms with Gasteiger partial charge in [0, 0.05) is 31.4 Å². The first-order valence-electron chi connectivity index (χ1n) is 7.48. The van der Waals surface area contributed by atoms with Gasteiger partial charge in [0.25, 0.3) is 0 Å². The molecular formula is C16H23FN2O2. The second kappa shape index (κ2) is 7.41. The van der Waals surface area contributed by atoms with Crippen molar-refractivity contribution in [3.05, 3.63) is 29.6 Å². The Kier molecular flexibility index (Phi) is 5.56. The molecular weight excluding hydrogens is 271 g/mol. The number of halogens is 1. The Morgan fingerprint density at radius 2 is 2.33 bits per heavy atom. The molecule has 1 saturated heterocycles. The second-order valence-corrected chi connectivity index (χ2v) is 5.42. The number of carbonyl (C=O) groups excluding carboxylic acids is 1. The third-order valence-corrected chi connectivity index (χ3v) is 3.72. The van der Waals surface area contributed by atoms with Crippen LogP contribution in [0, 0.1) is 12.7 Å². The fourth-order valence-electron chi connectivity index (χ4n) is 2.75. The summed E-state index contributed by atoms with van der Waals surface area (Å²) in [7, 11) is 0. The van der Waals surface area contributed by atoms with Crippen LogP contribution in [0.2, 0.25) is 0 Å². The van der Waals surface area contributed by atoms with E-state index in [9.17, 15) is 9.18 Å². The van der Waals surface area contributed by atoms with E-state index in [1.165, 1.54) is 6.07 Å². The first-order chi connectivity index (χ1) is 10.1. The van der Waals surface area contributed by atoms with Crippen LogP contribution < -0.4 is 10.2 Å². The van der Waals surface area contributed by atoms with Gasteiger partial charge in [-0.2, -0.15) is 0 Å². The fraction of sp³-hybridized carbons (Fsp3) is 0.562. The average molecular weight is 294 g/mol. The molecule has 21 heavy (non-hydrogen) atoms. The fourth-order valence-corrected chi connectivity index (χ4v) is 2.75. The number of piperidine rings is 1. The van der Waals surface area contributed by atoms with Crippen molar-refractivity contribution in [2.45, 2.75) is 32.7 Å². The van der Waals surface area contributed by atoms with Gasteiger partial charge in [0.1, 0.15) is 12.4 Å². The van der Waals surface area contributed by atoms with E-state index < -0.39 is 0 Å². The second-order valence-electron chi connectivity index (χ2n) is 5.42. The number of aryl methyl sites for hydroxylation is 1.